The molecule has 2 saturated heterocycles. The normalized spacial score (nSPS) is 19.9. The summed E-state index contributed by atoms with van der Waals surface area (Å²) in [6.07, 6.45) is 1.70. The van der Waals surface area contributed by atoms with Crippen molar-refractivity contribution < 1.29 is 37.0 Å². The van der Waals surface area contributed by atoms with Crippen LogP contribution in [-0.2, 0) is 9.47 Å². The van der Waals surface area contributed by atoms with E-state index in [4.69, 9.17) is 30.8 Å². The van der Waals surface area contributed by atoms with Crippen LogP contribution in [0.5, 0.6) is 6.01 Å². The highest BCUT2D eigenvalue weighted by Crippen LogP contribution is 2.50. The Morgan fingerprint density at radius 1 is 1.05 bits per heavy atom. The second-order valence-corrected chi connectivity index (χ2v) is 19.7. The number of amides is 2. The summed E-state index contributed by atoms with van der Waals surface area (Å²) in [5.74, 6) is -1.14. The molecule has 0 unspecified atom stereocenters. The van der Waals surface area contributed by atoms with Crippen molar-refractivity contribution in [2.45, 2.75) is 96.6 Å². The monoisotopic (exact) mass is 853 g/mol. The van der Waals surface area contributed by atoms with Crippen molar-refractivity contribution in [3.05, 3.63) is 40.4 Å². The Morgan fingerprint density at radius 2 is 1.78 bits per heavy atom. The Morgan fingerprint density at radius 3 is 2.41 bits per heavy atom. The molecule has 2 aromatic heterocycles. The van der Waals surface area contributed by atoms with Gasteiger partial charge in [-0.15, -0.1) is 11.3 Å². The van der Waals surface area contributed by atoms with Crippen LogP contribution in [0.15, 0.2) is 18.2 Å². The summed E-state index contributed by atoms with van der Waals surface area (Å²) in [5, 5.41) is 13.3. The van der Waals surface area contributed by atoms with E-state index in [-0.39, 0.29) is 60.3 Å². The fourth-order valence-electron chi connectivity index (χ4n) is 8.16. The molecule has 4 fully saturated rings. The molecule has 12 nitrogen and oxygen atoms in total. The highest BCUT2D eigenvalue weighted by Gasteiger charge is 2.55. The molecule has 4 aliphatic rings. The van der Waals surface area contributed by atoms with Gasteiger partial charge < -0.3 is 19.1 Å². The standard InChI is InChI=1S/C42H47ClF3N7O5S/c1-39(2,3)57-37(54)50-35-26(18-47)29-24(7-8-28(45)33(29)59-35)30-27(43)17-25-32(31(30)46)48-36(56-22-41(10-11-41)20-51-14-9-23(44)19-51)49-34(25)52-15-16-53(42(21-52)12-13-42)38(55)58-40(4,5)6/h7-8,17,23H,9-16,19-22H2,1-6H3,(H,50,54)/t23-/m1/s1. The first-order chi connectivity index (χ1) is 27.8. The molecule has 2 aliphatic heterocycles. The Hall–Kier alpha value is -4.59. The fraction of sp³-hybridized carbons (Fsp3) is 0.548. The third-order valence-electron chi connectivity index (χ3n) is 11.3. The molecule has 2 aliphatic carbocycles. The van der Waals surface area contributed by atoms with Crippen LogP contribution in [0, 0.1) is 28.4 Å². The summed E-state index contributed by atoms with van der Waals surface area (Å²) in [6.45, 7) is 13.6. The molecule has 1 atom stereocenters. The van der Waals surface area contributed by atoms with Crippen LogP contribution in [0.3, 0.4) is 0 Å². The van der Waals surface area contributed by atoms with Crippen molar-refractivity contribution in [2.24, 2.45) is 5.41 Å². The molecular formula is C42H47ClF3N7O5S. The number of nitriles is 1. The van der Waals surface area contributed by atoms with E-state index in [9.17, 15) is 19.2 Å². The van der Waals surface area contributed by atoms with E-state index < -0.39 is 46.7 Å². The van der Waals surface area contributed by atoms with Gasteiger partial charge in [0.1, 0.15) is 45.6 Å². The number of nitrogens with one attached hydrogen (secondary N) is 1. The number of alkyl halides is 1. The molecule has 2 amide bonds. The van der Waals surface area contributed by atoms with Crippen molar-refractivity contribution >= 4 is 66.9 Å². The summed E-state index contributed by atoms with van der Waals surface area (Å²) >= 11 is 7.82. The summed E-state index contributed by atoms with van der Waals surface area (Å²) in [7, 11) is 0. The molecule has 2 aromatic carbocycles. The minimum Gasteiger partial charge on any atom is -0.463 e. The summed E-state index contributed by atoms with van der Waals surface area (Å²) in [4.78, 5) is 41.4. The zero-order valence-electron chi connectivity index (χ0n) is 33.9. The first-order valence-corrected chi connectivity index (χ1v) is 21.1. The zero-order chi connectivity index (χ0) is 42.2. The molecule has 0 bridgehead atoms. The number of benzene rings is 2. The largest absolute Gasteiger partial charge is 0.463 e. The number of anilines is 2. The van der Waals surface area contributed by atoms with Gasteiger partial charge in [-0.2, -0.15) is 15.2 Å². The van der Waals surface area contributed by atoms with Crippen LogP contribution >= 0.6 is 22.9 Å². The lowest BCUT2D eigenvalue weighted by atomic mass is 9.97. The zero-order valence-corrected chi connectivity index (χ0v) is 35.5. The quantitative estimate of drug-likeness (QED) is 0.183. The predicted molar refractivity (Wildman–Crippen MR) is 220 cm³/mol. The summed E-state index contributed by atoms with van der Waals surface area (Å²) < 4.78 is 64.4. The molecule has 4 heterocycles. The molecule has 314 valence electrons. The number of halogens is 4. The van der Waals surface area contributed by atoms with E-state index >= 15 is 8.78 Å². The lowest BCUT2D eigenvalue weighted by Gasteiger charge is -2.43. The third kappa shape index (κ3) is 8.30. The second kappa shape index (κ2) is 14.8. The minimum absolute atomic E-state index is 0.0116. The van der Waals surface area contributed by atoms with E-state index in [1.807, 2.05) is 25.7 Å². The first kappa shape index (κ1) is 41.2. The van der Waals surface area contributed by atoms with Crippen molar-refractivity contribution in [3.63, 3.8) is 0 Å². The number of carbonyl (C=O) groups excluding carboxylic acids is 2. The average molecular weight is 854 g/mol. The van der Waals surface area contributed by atoms with Crippen LogP contribution < -0.4 is 15.0 Å². The fourth-order valence-corrected chi connectivity index (χ4v) is 9.52. The first-order valence-electron chi connectivity index (χ1n) is 19.9. The number of piperazine rings is 1. The van der Waals surface area contributed by atoms with Crippen LogP contribution in [0.1, 0.15) is 79.2 Å². The predicted octanol–water partition coefficient (Wildman–Crippen LogP) is 9.45. The molecule has 2 saturated carbocycles. The number of ether oxygens (including phenoxy) is 3. The van der Waals surface area contributed by atoms with Gasteiger partial charge in [0.05, 0.1) is 27.4 Å². The van der Waals surface area contributed by atoms with E-state index in [1.54, 1.807) is 31.7 Å². The van der Waals surface area contributed by atoms with Gasteiger partial charge in [-0.25, -0.2) is 22.8 Å². The Kier molecular flexibility index (Phi) is 10.4. The molecule has 8 rings (SSSR count). The van der Waals surface area contributed by atoms with Gasteiger partial charge >= 0.3 is 18.2 Å². The lowest BCUT2D eigenvalue weighted by molar-refractivity contribution is 0.0106. The van der Waals surface area contributed by atoms with Crippen molar-refractivity contribution in [3.8, 4) is 23.2 Å². The van der Waals surface area contributed by atoms with E-state index in [0.29, 0.717) is 56.9 Å². The Labute approximate surface area is 349 Å². The number of thiophene rings is 1. The SMILES string of the molecule is CC(C)(C)OC(=O)Nc1sc2c(F)ccc(-c3c(Cl)cc4c(N5CCN(C(=O)OC(C)(C)C)C6(CC6)C5)nc(OCC5(CN6CC[C@@H](F)C6)CC5)nc4c3F)c2c1C#N. The molecule has 4 aromatic rings. The number of fused-ring (bicyclic) bond motifs is 2. The van der Waals surface area contributed by atoms with Gasteiger partial charge in [0, 0.05) is 61.0 Å². The minimum atomic E-state index is -0.846. The van der Waals surface area contributed by atoms with Crippen LogP contribution in [-0.4, -0.2) is 101 Å². The number of rotatable bonds is 8. The topological polar surface area (TPSA) is 133 Å². The molecular weight excluding hydrogens is 807 g/mol. The maximum Gasteiger partial charge on any atom is 0.412 e. The Bertz CT molecular complexity index is 2400. The lowest BCUT2D eigenvalue weighted by Crippen LogP contribution is -2.58. The second-order valence-electron chi connectivity index (χ2n) is 18.3. The molecule has 1 spiro atoms. The molecule has 17 heteroatoms. The van der Waals surface area contributed by atoms with Crippen molar-refractivity contribution in [2.75, 3.05) is 56.1 Å². The highest BCUT2D eigenvalue weighted by molar-refractivity contribution is 7.23. The number of aromatic nitrogens is 2. The van der Waals surface area contributed by atoms with Crippen molar-refractivity contribution in [1.82, 2.24) is 19.8 Å². The average Bonchev–Trinajstić information content (AvgIpc) is 4.01. The highest BCUT2D eigenvalue weighted by atomic mass is 35.5. The molecule has 59 heavy (non-hydrogen) atoms. The van der Waals surface area contributed by atoms with Gasteiger partial charge in [-0.3, -0.25) is 15.1 Å². The van der Waals surface area contributed by atoms with Crippen LogP contribution in [0.4, 0.5) is 33.6 Å². The van der Waals surface area contributed by atoms with Crippen molar-refractivity contribution in [1.29, 1.82) is 5.26 Å². The third-order valence-corrected chi connectivity index (χ3v) is 12.7. The van der Waals surface area contributed by atoms with Crippen LogP contribution in [0.25, 0.3) is 32.1 Å². The summed E-state index contributed by atoms with van der Waals surface area (Å²) in [6, 6.07) is 6.07. The Balaban J connectivity index is 1.20. The number of carbonyl (C=O) groups is 2. The maximum absolute atomic E-state index is 17.5. The van der Waals surface area contributed by atoms with E-state index in [2.05, 4.69) is 21.3 Å². The molecule has 0 radical (unpaired) electrons. The maximum atomic E-state index is 17.5. The number of nitrogens with zero attached hydrogens (tertiary/aromatic N) is 6. The van der Waals surface area contributed by atoms with Gasteiger partial charge in [-0.1, -0.05) is 17.7 Å². The van der Waals surface area contributed by atoms with Gasteiger partial charge in [-0.05, 0) is 91.3 Å². The number of hydrogen-bond acceptors (Lipinski definition) is 11. The van der Waals surface area contributed by atoms with E-state index in [1.165, 1.54) is 6.07 Å². The summed E-state index contributed by atoms with van der Waals surface area (Å²) in [5.41, 5.74) is -2.41. The van der Waals surface area contributed by atoms with E-state index in [0.717, 1.165) is 43.1 Å². The van der Waals surface area contributed by atoms with Gasteiger partial charge in [0.2, 0.25) is 0 Å². The van der Waals surface area contributed by atoms with Gasteiger partial charge in [0.15, 0.2) is 5.82 Å². The number of hydrogen-bond donors (Lipinski definition) is 1. The van der Waals surface area contributed by atoms with Gasteiger partial charge in [0.25, 0.3) is 0 Å². The molecule has 1 N–H and O–H groups in total. The smallest absolute Gasteiger partial charge is 0.412 e. The number of likely N-dealkylation sites (tertiary alicyclic amines) is 1. The van der Waals surface area contributed by atoms with Crippen LogP contribution in [0.2, 0.25) is 5.02 Å².